The predicted octanol–water partition coefficient (Wildman–Crippen LogP) is 1.21. The number of fused-ring (bicyclic) bond motifs is 1. The summed E-state index contributed by atoms with van der Waals surface area (Å²) in [7, 11) is 0. The summed E-state index contributed by atoms with van der Waals surface area (Å²) >= 11 is 0. The monoisotopic (exact) mass is 481 g/mol. The van der Waals surface area contributed by atoms with E-state index < -0.39 is 35.7 Å². The molecule has 0 unspecified atom stereocenters. The van der Waals surface area contributed by atoms with Crippen molar-refractivity contribution in [3.63, 3.8) is 0 Å². The van der Waals surface area contributed by atoms with Crippen molar-refractivity contribution >= 4 is 35.4 Å². The second-order valence-electron chi connectivity index (χ2n) is 8.68. The van der Waals surface area contributed by atoms with E-state index in [1.807, 2.05) is 16.2 Å². The van der Waals surface area contributed by atoms with Crippen LogP contribution in [0.2, 0.25) is 0 Å². The summed E-state index contributed by atoms with van der Waals surface area (Å²) in [4.78, 5) is 63.4. The summed E-state index contributed by atoms with van der Waals surface area (Å²) < 4.78 is 10.4. The molecular weight excluding hydrogens is 456 g/mol. The first-order valence-corrected chi connectivity index (χ1v) is 11.3. The lowest BCUT2D eigenvalue weighted by Crippen LogP contribution is -2.54. The molecule has 1 atom stereocenters. The maximum atomic E-state index is 13.3. The highest BCUT2D eigenvalue weighted by Gasteiger charge is 2.45. The third-order valence-electron chi connectivity index (χ3n) is 6.54. The standard InChI is InChI=1S/C23H24N6O6/c30-18-5-4-17(20(31)26-18)29-21(32)15-2-1-3-16(19(15)22(29)33)24-10-13-11-25-28(12-13)14-6-8-27(9-7-14)23(34)35/h1-3,11-12,14,17,24H,4-10H2,(H,34,35)(H,26,30,31)/t17-/m1/s1/i17D. The molecule has 2 fully saturated rings. The van der Waals surface area contributed by atoms with Crippen molar-refractivity contribution in [2.75, 3.05) is 18.4 Å². The zero-order chi connectivity index (χ0) is 25.6. The molecule has 2 saturated heterocycles. The van der Waals surface area contributed by atoms with Crippen LogP contribution in [0.1, 0.15) is 59.4 Å². The molecule has 3 aliphatic heterocycles. The van der Waals surface area contributed by atoms with Crippen LogP contribution >= 0.6 is 0 Å². The van der Waals surface area contributed by atoms with Crippen molar-refractivity contribution in [2.24, 2.45) is 0 Å². The fourth-order valence-corrected chi connectivity index (χ4v) is 4.69. The van der Waals surface area contributed by atoms with E-state index in [2.05, 4.69) is 10.4 Å². The number of carbonyl (C=O) groups excluding carboxylic acids is 4. The largest absolute Gasteiger partial charge is 0.465 e. The molecule has 1 aromatic carbocycles. The molecule has 3 aliphatic rings. The highest BCUT2D eigenvalue weighted by molar-refractivity contribution is 6.25. The van der Waals surface area contributed by atoms with Crippen LogP contribution in [-0.2, 0) is 16.1 Å². The Balaban J connectivity index is 1.30. The summed E-state index contributed by atoms with van der Waals surface area (Å²) in [5.74, 6) is -3.06. The van der Waals surface area contributed by atoms with Gasteiger partial charge in [0.2, 0.25) is 11.8 Å². The van der Waals surface area contributed by atoms with Crippen molar-refractivity contribution in [3.8, 4) is 0 Å². The van der Waals surface area contributed by atoms with Gasteiger partial charge in [0.1, 0.15) is 6.02 Å². The number of benzene rings is 1. The molecule has 0 radical (unpaired) electrons. The molecule has 0 aliphatic carbocycles. The number of hydrogen-bond donors (Lipinski definition) is 3. The lowest BCUT2D eigenvalue weighted by atomic mass is 10.0. The van der Waals surface area contributed by atoms with Gasteiger partial charge in [-0.1, -0.05) is 6.07 Å². The van der Waals surface area contributed by atoms with Gasteiger partial charge in [0, 0.05) is 43.5 Å². The minimum absolute atomic E-state index is 0.0762. The quantitative estimate of drug-likeness (QED) is 0.539. The van der Waals surface area contributed by atoms with E-state index >= 15 is 0 Å². The Bertz CT molecular complexity index is 1290. The summed E-state index contributed by atoms with van der Waals surface area (Å²) in [6, 6.07) is 2.61. The Morgan fingerprint density at radius 3 is 2.66 bits per heavy atom. The number of carboxylic acid groups (broad SMARTS) is 1. The van der Waals surface area contributed by atoms with Gasteiger partial charge in [-0.05, 0) is 31.4 Å². The summed E-state index contributed by atoms with van der Waals surface area (Å²) in [5.41, 5.74) is 1.37. The first-order chi connectivity index (χ1) is 17.2. The number of anilines is 1. The third kappa shape index (κ3) is 4.11. The number of imide groups is 2. The van der Waals surface area contributed by atoms with Crippen molar-refractivity contribution in [3.05, 3.63) is 47.3 Å². The SMILES string of the molecule is [2H][C@@]1(N2C(=O)c3cccc(NCc4cnn(C5CCN(C(=O)O)CC5)c4)c3C2=O)CCC(=O)NC1=O. The fraction of sp³-hybridized carbons (Fsp3) is 0.391. The molecule has 5 rings (SSSR count). The number of nitrogens with one attached hydrogen (secondary N) is 2. The number of aromatic nitrogens is 2. The number of piperidine rings is 2. The number of rotatable bonds is 5. The van der Waals surface area contributed by atoms with E-state index in [1.165, 1.54) is 11.0 Å². The van der Waals surface area contributed by atoms with Crippen LogP contribution in [0.15, 0.2) is 30.6 Å². The van der Waals surface area contributed by atoms with Crippen LogP contribution in [0, 0.1) is 0 Å². The lowest BCUT2D eigenvalue weighted by Gasteiger charge is -2.30. The van der Waals surface area contributed by atoms with Gasteiger partial charge in [-0.3, -0.25) is 34.1 Å². The molecule has 0 spiro atoms. The van der Waals surface area contributed by atoms with Crippen LogP contribution in [0.3, 0.4) is 0 Å². The van der Waals surface area contributed by atoms with Crippen molar-refractivity contribution in [1.29, 1.82) is 0 Å². The van der Waals surface area contributed by atoms with Gasteiger partial charge >= 0.3 is 6.09 Å². The van der Waals surface area contributed by atoms with Gasteiger partial charge in [0.15, 0.2) is 0 Å². The Morgan fingerprint density at radius 2 is 1.94 bits per heavy atom. The van der Waals surface area contributed by atoms with E-state index in [1.54, 1.807) is 18.3 Å². The van der Waals surface area contributed by atoms with Gasteiger partial charge in [0.25, 0.3) is 11.8 Å². The van der Waals surface area contributed by atoms with Gasteiger partial charge in [-0.2, -0.15) is 5.10 Å². The highest BCUT2D eigenvalue weighted by Crippen LogP contribution is 2.32. The normalized spacial score (nSPS) is 23.3. The van der Waals surface area contributed by atoms with Crippen molar-refractivity contribution < 1.29 is 30.4 Å². The molecule has 4 heterocycles. The third-order valence-corrected chi connectivity index (χ3v) is 6.54. The fourth-order valence-electron chi connectivity index (χ4n) is 4.69. The minimum Gasteiger partial charge on any atom is -0.465 e. The number of carbonyl (C=O) groups is 5. The molecule has 182 valence electrons. The van der Waals surface area contributed by atoms with E-state index in [4.69, 9.17) is 6.48 Å². The van der Waals surface area contributed by atoms with Crippen LogP contribution in [0.4, 0.5) is 10.5 Å². The zero-order valence-electron chi connectivity index (χ0n) is 19.7. The maximum Gasteiger partial charge on any atom is 0.407 e. The van der Waals surface area contributed by atoms with Crippen LogP contribution < -0.4 is 10.6 Å². The van der Waals surface area contributed by atoms with Gasteiger partial charge in [-0.15, -0.1) is 0 Å². The van der Waals surface area contributed by atoms with Gasteiger partial charge in [-0.25, -0.2) is 4.79 Å². The van der Waals surface area contributed by atoms with Crippen LogP contribution in [-0.4, -0.2) is 73.5 Å². The predicted molar refractivity (Wildman–Crippen MR) is 121 cm³/mol. The van der Waals surface area contributed by atoms with E-state index in [0.29, 0.717) is 43.1 Å². The Labute approximate surface area is 201 Å². The van der Waals surface area contributed by atoms with E-state index in [9.17, 15) is 24.0 Å². The highest BCUT2D eigenvalue weighted by atomic mass is 16.4. The summed E-state index contributed by atoms with van der Waals surface area (Å²) in [5, 5.41) is 18.7. The lowest BCUT2D eigenvalue weighted by molar-refractivity contribution is -0.136. The molecule has 5 amide bonds. The Morgan fingerprint density at radius 1 is 1.17 bits per heavy atom. The molecule has 12 nitrogen and oxygen atoms in total. The molecule has 2 aromatic rings. The molecule has 1 aromatic heterocycles. The number of likely N-dealkylation sites (tertiary alicyclic amines) is 1. The average Bonchev–Trinajstić information content (AvgIpc) is 3.44. The van der Waals surface area contributed by atoms with Crippen molar-refractivity contribution in [1.82, 2.24) is 24.9 Å². The minimum atomic E-state index is -2.20. The Kier molecular flexibility index (Phi) is 5.39. The molecule has 12 heteroatoms. The van der Waals surface area contributed by atoms with Gasteiger partial charge in [0.05, 0.1) is 24.7 Å². The summed E-state index contributed by atoms with van der Waals surface area (Å²) in [6.07, 6.45) is 3.53. The van der Waals surface area contributed by atoms with Crippen LogP contribution in [0.5, 0.6) is 0 Å². The molecule has 35 heavy (non-hydrogen) atoms. The van der Waals surface area contributed by atoms with Gasteiger partial charge < -0.3 is 15.3 Å². The summed E-state index contributed by atoms with van der Waals surface area (Å²) in [6.45, 7) is 1.19. The first kappa shape index (κ1) is 21.3. The average molecular weight is 481 g/mol. The molecular formula is C23H24N6O6. The van der Waals surface area contributed by atoms with Crippen LogP contribution in [0.25, 0.3) is 0 Å². The second-order valence-corrected chi connectivity index (χ2v) is 8.68. The zero-order valence-corrected chi connectivity index (χ0v) is 18.7. The first-order valence-electron chi connectivity index (χ1n) is 11.8. The maximum absolute atomic E-state index is 13.3. The molecule has 0 bridgehead atoms. The molecule has 3 N–H and O–H groups in total. The topological polar surface area (TPSA) is 154 Å². The van der Waals surface area contributed by atoms with Crippen molar-refractivity contribution in [2.45, 2.75) is 44.3 Å². The smallest absolute Gasteiger partial charge is 0.407 e. The Hall–Kier alpha value is -4.22. The number of amides is 5. The number of hydrogen-bond acceptors (Lipinski definition) is 7. The molecule has 0 saturated carbocycles. The van der Waals surface area contributed by atoms with E-state index in [0.717, 1.165) is 5.56 Å². The number of nitrogens with zero attached hydrogens (tertiary/aromatic N) is 4. The second kappa shape index (κ2) is 8.85. The van der Waals surface area contributed by atoms with E-state index in [-0.39, 0.29) is 30.0 Å².